The number of aromatic nitrogens is 4. The maximum atomic E-state index is 11.0. The van der Waals surface area contributed by atoms with E-state index in [1.165, 1.54) is 6.92 Å². The summed E-state index contributed by atoms with van der Waals surface area (Å²) >= 11 is 0. The summed E-state index contributed by atoms with van der Waals surface area (Å²) in [5.74, 6) is -0.881. The van der Waals surface area contributed by atoms with E-state index in [4.69, 9.17) is 15.2 Å². The fourth-order valence-electron chi connectivity index (χ4n) is 6.49. The molecule has 6 aromatic rings. The molecule has 4 aromatic heterocycles. The summed E-state index contributed by atoms with van der Waals surface area (Å²) in [6.45, 7) is 6.74. The van der Waals surface area contributed by atoms with E-state index in [9.17, 15) is 19.8 Å². The summed E-state index contributed by atoms with van der Waals surface area (Å²) in [5, 5.41) is 53.0. The van der Waals surface area contributed by atoms with Gasteiger partial charge in [0.05, 0.1) is 24.5 Å². The third kappa shape index (κ3) is 9.74. The number of carboxylic acid groups (broad SMARTS) is 2. The average molecular weight is 745 g/mol. The van der Waals surface area contributed by atoms with Crippen molar-refractivity contribution < 1.29 is 30.0 Å². The molecule has 0 saturated carbocycles. The number of pyridine rings is 4. The summed E-state index contributed by atoms with van der Waals surface area (Å²) < 4.78 is 0. The fourth-order valence-corrected chi connectivity index (χ4v) is 6.49. The predicted molar refractivity (Wildman–Crippen MR) is 212 cm³/mol. The lowest BCUT2D eigenvalue weighted by atomic mass is 9.94. The van der Waals surface area contributed by atoms with Gasteiger partial charge in [0, 0.05) is 73.1 Å². The lowest BCUT2D eigenvalue weighted by Crippen LogP contribution is -2.39. The number of hydrogen-bond donors (Lipinski definition) is 8. The molecule has 0 bridgehead atoms. The van der Waals surface area contributed by atoms with E-state index in [1.54, 1.807) is 24.8 Å². The second-order valence-electron chi connectivity index (χ2n) is 13.9. The van der Waals surface area contributed by atoms with Crippen LogP contribution >= 0.6 is 0 Å². The van der Waals surface area contributed by atoms with E-state index < -0.39 is 23.6 Å². The van der Waals surface area contributed by atoms with E-state index in [0.29, 0.717) is 35.8 Å². The number of rotatable bonds is 17. The van der Waals surface area contributed by atoms with Gasteiger partial charge in [0.25, 0.3) is 0 Å². The van der Waals surface area contributed by atoms with Crippen LogP contribution in [0, 0.1) is 13.8 Å². The van der Waals surface area contributed by atoms with Crippen molar-refractivity contribution in [2.45, 2.75) is 58.4 Å². The van der Waals surface area contributed by atoms with Gasteiger partial charge in [0.1, 0.15) is 11.0 Å². The molecule has 4 heterocycles. The summed E-state index contributed by atoms with van der Waals surface area (Å²) in [6, 6.07) is 19.9. The van der Waals surface area contributed by atoms with Crippen LogP contribution in [0.3, 0.4) is 0 Å². The normalized spacial score (nSPS) is 13.0. The lowest BCUT2D eigenvalue weighted by molar-refractivity contribution is -0.142. The molecule has 2 atom stereocenters. The Labute approximate surface area is 317 Å². The molecule has 0 amide bonds. The number of hydrogen-bond acceptors (Lipinski definition) is 12. The smallest absolute Gasteiger partial charge is 0.306 e. The Bertz CT molecular complexity index is 2350. The predicted octanol–water partition coefficient (Wildman–Crippen LogP) is 5.58. The SMILES string of the molecule is Cc1c(Nc2nccc3cc(CNC[C@@H](O)CC(=O)O)cnc23)cccc1-c1cccc(Nc2nccc3cc(CNCC(C)(O)CC(=O)O)cnc23)c1C. The standard InChI is InChI=1S/C41H44N8O6/c1-24-31(6-4-8-33(24)48-39-37-28(10-12-44-39)14-26(20-46-37)18-42-22-30(50)16-35(51)52)32-7-5-9-34(25(32)2)49-40-38-29(11-13-45-40)15-27(21-47-38)19-43-23-41(3,55)17-36(53)54/h4-15,20-21,30,42-43,50,55H,16-19,22-23H2,1-3H3,(H,44,48)(H,45,49)(H,51,52)(H,53,54)/t30-,41?/m0/s1. The van der Waals surface area contributed by atoms with Gasteiger partial charge in [-0.05, 0) is 90.6 Å². The molecule has 6 rings (SSSR count). The Morgan fingerprint density at radius 1 is 0.727 bits per heavy atom. The first-order valence-corrected chi connectivity index (χ1v) is 17.8. The van der Waals surface area contributed by atoms with E-state index in [1.807, 2.05) is 48.5 Å². The highest BCUT2D eigenvalue weighted by Gasteiger charge is 2.23. The van der Waals surface area contributed by atoms with Crippen molar-refractivity contribution in [2.24, 2.45) is 0 Å². The Balaban J connectivity index is 1.17. The molecule has 284 valence electrons. The van der Waals surface area contributed by atoms with Crippen molar-refractivity contribution in [2.75, 3.05) is 23.7 Å². The number of nitrogens with zero attached hydrogens (tertiary/aromatic N) is 4. The number of carboxylic acids is 2. The first-order chi connectivity index (χ1) is 26.4. The Morgan fingerprint density at radius 3 is 1.73 bits per heavy atom. The van der Waals surface area contributed by atoms with Gasteiger partial charge in [-0.3, -0.25) is 19.6 Å². The van der Waals surface area contributed by atoms with Crippen molar-refractivity contribution in [3.05, 3.63) is 108 Å². The van der Waals surface area contributed by atoms with Gasteiger partial charge in [-0.15, -0.1) is 0 Å². The molecular weight excluding hydrogens is 701 g/mol. The lowest BCUT2D eigenvalue weighted by Gasteiger charge is -2.21. The van der Waals surface area contributed by atoms with Gasteiger partial charge < -0.3 is 41.7 Å². The summed E-state index contributed by atoms with van der Waals surface area (Å²) in [5.41, 5.74) is 7.71. The van der Waals surface area contributed by atoms with E-state index >= 15 is 0 Å². The summed E-state index contributed by atoms with van der Waals surface area (Å²) in [6.07, 6.45) is 5.30. The highest BCUT2D eigenvalue weighted by molar-refractivity contribution is 5.92. The molecule has 0 spiro atoms. The van der Waals surface area contributed by atoms with Crippen LogP contribution in [0.4, 0.5) is 23.0 Å². The van der Waals surface area contributed by atoms with E-state index in [2.05, 4.69) is 62.2 Å². The molecule has 0 saturated heterocycles. The van der Waals surface area contributed by atoms with Gasteiger partial charge in [-0.2, -0.15) is 0 Å². The zero-order valence-electron chi connectivity index (χ0n) is 30.8. The van der Waals surface area contributed by atoms with Crippen LogP contribution in [0.1, 0.15) is 42.0 Å². The minimum atomic E-state index is -1.36. The molecule has 1 unspecified atom stereocenters. The number of carbonyl (C=O) groups is 2. The second kappa shape index (κ2) is 17.0. The van der Waals surface area contributed by atoms with E-state index in [-0.39, 0.29) is 25.9 Å². The van der Waals surface area contributed by atoms with E-state index in [0.717, 1.165) is 55.5 Å². The van der Waals surface area contributed by atoms with Crippen LogP contribution in [0.25, 0.3) is 32.9 Å². The number of anilines is 4. The molecule has 0 aliphatic heterocycles. The molecule has 55 heavy (non-hydrogen) atoms. The van der Waals surface area contributed by atoms with Crippen LogP contribution in [0.15, 0.2) is 85.5 Å². The molecule has 14 heteroatoms. The molecular formula is C41H44N8O6. The first-order valence-electron chi connectivity index (χ1n) is 17.8. The zero-order valence-corrected chi connectivity index (χ0v) is 30.8. The zero-order chi connectivity index (χ0) is 39.1. The quantitative estimate of drug-likeness (QED) is 0.0572. The highest BCUT2D eigenvalue weighted by atomic mass is 16.4. The number of aliphatic hydroxyl groups is 2. The van der Waals surface area contributed by atoms with Crippen molar-refractivity contribution >= 4 is 56.8 Å². The monoisotopic (exact) mass is 744 g/mol. The number of aliphatic hydroxyl groups excluding tert-OH is 1. The highest BCUT2D eigenvalue weighted by Crippen LogP contribution is 2.36. The molecule has 2 aromatic carbocycles. The summed E-state index contributed by atoms with van der Waals surface area (Å²) in [7, 11) is 0. The Hall–Kier alpha value is -6.06. The number of benzene rings is 2. The van der Waals surface area contributed by atoms with Gasteiger partial charge in [-0.1, -0.05) is 24.3 Å². The van der Waals surface area contributed by atoms with Crippen LogP contribution in [0.5, 0.6) is 0 Å². The number of aliphatic carboxylic acids is 2. The van der Waals surface area contributed by atoms with Crippen LogP contribution in [-0.2, 0) is 22.7 Å². The van der Waals surface area contributed by atoms with Gasteiger partial charge in [-0.25, -0.2) is 9.97 Å². The Kier molecular flexibility index (Phi) is 11.9. The third-order valence-electron chi connectivity index (χ3n) is 9.26. The minimum absolute atomic E-state index is 0.124. The van der Waals surface area contributed by atoms with Gasteiger partial charge >= 0.3 is 11.9 Å². The largest absolute Gasteiger partial charge is 0.481 e. The maximum absolute atomic E-state index is 11.0. The van der Waals surface area contributed by atoms with Crippen LogP contribution < -0.4 is 21.3 Å². The fraction of sp³-hybridized carbons (Fsp3) is 0.268. The van der Waals surface area contributed by atoms with Crippen molar-refractivity contribution in [1.29, 1.82) is 0 Å². The molecule has 0 radical (unpaired) electrons. The van der Waals surface area contributed by atoms with Gasteiger partial charge in [0.2, 0.25) is 0 Å². The molecule has 0 aliphatic carbocycles. The molecule has 8 N–H and O–H groups in total. The molecule has 14 nitrogen and oxygen atoms in total. The van der Waals surface area contributed by atoms with Crippen molar-refractivity contribution in [1.82, 2.24) is 30.6 Å². The summed E-state index contributed by atoms with van der Waals surface area (Å²) in [4.78, 5) is 40.4. The maximum Gasteiger partial charge on any atom is 0.306 e. The van der Waals surface area contributed by atoms with Gasteiger partial charge in [0.15, 0.2) is 11.6 Å². The number of nitrogens with one attached hydrogen (secondary N) is 4. The first kappa shape index (κ1) is 38.7. The molecule has 0 fully saturated rings. The minimum Gasteiger partial charge on any atom is -0.481 e. The molecule has 0 aliphatic rings. The van der Waals surface area contributed by atoms with Crippen LogP contribution in [0.2, 0.25) is 0 Å². The average Bonchev–Trinajstić information content (AvgIpc) is 3.12. The van der Waals surface area contributed by atoms with Crippen LogP contribution in [-0.4, -0.2) is 77.1 Å². The van der Waals surface area contributed by atoms with Crippen molar-refractivity contribution in [3.63, 3.8) is 0 Å². The second-order valence-corrected chi connectivity index (χ2v) is 13.9. The Morgan fingerprint density at radius 2 is 1.24 bits per heavy atom. The van der Waals surface area contributed by atoms with Crippen molar-refractivity contribution in [3.8, 4) is 11.1 Å². The number of fused-ring (bicyclic) bond motifs is 2. The third-order valence-corrected chi connectivity index (χ3v) is 9.26. The topological polar surface area (TPSA) is 215 Å².